The first-order valence-corrected chi connectivity index (χ1v) is 16.2. The molecule has 4 aromatic carbocycles. The molecule has 6 nitrogen and oxygen atoms in total. The van der Waals surface area contributed by atoms with E-state index >= 15 is 0 Å². The molecule has 1 fully saturated rings. The summed E-state index contributed by atoms with van der Waals surface area (Å²) in [7, 11) is 3.37. The molecule has 2 heterocycles. The first-order chi connectivity index (χ1) is 21.5. The molecule has 1 aliphatic heterocycles. The van der Waals surface area contributed by atoms with Crippen molar-refractivity contribution < 1.29 is 18.9 Å². The van der Waals surface area contributed by atoms with Crippen molar-refractivity contribution in [3.8, 4) is 27.8 Å². The van der Waals surface area contributed by atoms with Crippen LogP contribution < -0.4 is 14.2 Å². The number of thiazole rings is 1. The van der Waals surface area contributed by atoms with E-state index in [0.29, 0.717) is 19.8 Å². The van der Waals surface area contributed by atoms with E-state index in [9.17, 15) is 0 Å². The molecule has 0 bridgehead atoms. The average Bonchev–Trinajstić information content (AvgIpc) is 3.55. The van der Waals surface area contributed by atoms with Crippen molar-refractivity contribution in [3.05, 3.63) is 107 Å². The monoisotopic (exact) mass is 648 g/mol. The van der Waals surface area contributed by atoms with Gasteiger partial charge in [-0.15, -0.1) is 11.3 Å². The molecule has 5 aromatic rings. The van der Waals surface area contributed by atoms with Gasteiger partial charge in [-0.2, -0.15) is 0 Å². The van der Waals surface area contributed by atoms with Crippen molar-refractivity contribution in [1.82, 2.24) is 9.88 Å². The number of nitrogens with zero attached hydrogens (tertiary/aromatic N) is 2. The number of piperidine rings is 1. The molecule has 0 radical (unpaired) electrons. The molecule has 2 unspecified atom stereocenters. The van der Waals surface area contributed by atoms with Gasteiger partial charge >= 0.3 is 0 Å². The summed E-state index contributed by atoms with van der Waals surface area (Å²) in [4.78, 5) is 7.08. The van der Waals surface area contributed by atoms with E-state index in [0.717, 1.165) is 62.0 Å². The number of ether oxygens (including phenoxy) is 4. The van der Waals surface area contributed by atoms with E-state index in [2.05, 4.69) is 29.2 Å². The summed E-state index contributed by atoms with van der Waals surface area (Å²) in [6, 6.07) is 28.6. The molecule has 0 saturated carbocycles. The molecule has 1 saturated heterocycles. The fraction of sp³-hybridized carbons (Fsp3) is 0.286. The number of benzene rings is 4. The van der Waals surface area contributed by atoms with Crippen molar-refractivity contribution in [2.24, 2.45) is 0 Å². The van der Waals surface area contributed by atoms with Crippen molar-refractivity contribution >= 4 is 45.3 Å². The first kappa shape index (κ1) is 30.7. The van der Waals surface area contributed by atoms with Crippen molar-refractivity contribution in [3.63, 3.8) is 0 Å². The molecular formula is C35H34Cl2N2O4S. The van der Waals surface area contributed by atoms with Crippen LogP contribution in [0.4, 0.5) is 0 Å². The number of methoxy groups -OCH3 is 2. The summed E-state index contributed by atoms with van der Waals surface area (Å²) < 4.78 is 24.3. The van der Waals surface area contributed by atoms with E-state index in [4.69, 9.17) is 42.1 Å². The van der Waals surface area contributed by atoms with Crippen LogP contribution in [-0.2, 0) is 18.0 Å². The number of fused-ring (bicyclic) bond motifs is 1. The lowest BCUT2D eigenvalue weighted by Crippen LogP contribution is -2.45. The van der Waals surface area contributed by atoms with Crippen LogP contribution in [-0.4, -0.2) is 48.3 Å². The topological polar surface area (TPSA) is 53.1 Å². The van der Waals surface area contributed by atoms with E-state index in [1.54, 1.807) is 25.6 Å². The minimum atomic E-state index is -0.595. The highest BCUT2D eigenvalue weighted by Gasteiger charge is 2.33. The number of hydrogen-bond donors (Lipinski definition) is 0. The predicted molar refractivity (Wildman–Crippen MR) is 178 cm³/mol. The van der Waals surface area contributed by atoms with Gasteiger partial charge in [0, 0.05) is 47.1 Å². The number of halogens is 2. The second kappa shape index (κ2) is 14.2. The zero-order chi connectivity index (χ0) is 30.5. The zero-order valence-electron chi connectivity index (χ0n) is 24.6. The molecular weight excluding hydrogens is 615 g/mol. The van der Waals surface area contributed by atoms with Gasteiger partial charge in [0.1, 0.15) is 28.9 Å². The van der Waals surface area contributed by atoms with Gasteiger partial charge in [-0.1, -0.05) is 89.9 Å². The van der Waals surface area contributed by atoms with Crippen LogP contribution in [0.25, 0.3) is 21.3 Å². The highest BCUT2D eigenvalue weighted by molar-refractivity contribution is 7.15. The molecule has 6 rings (SSSR count). The molecule has 0 spiro atoms. The summed E-state index contributed by atoms with van der Waals surface area (Å²) in [5, 5.41) is 2.98. The number of likely N-dealkylation sites (tertiary alicyclic amines) is 1. The standard InChI is InChI=1S/C35H34Cl2N2O4S/c1-40-31-18-25(33(41-2)30-11-7-6-10-29(30)31)21-43-32-20-39(35(36)37)17-16-28(32)23-12-14-26(15-13-23)42-22-27-19-38-34(44-27)24-8-4-3-5-9-24/h3-15,18-19,28,32,35H,16-17,20-22H2,1-2H3. The van der Waals surface area contributed by atoms with Crippen LogP contribution >= 0.6 is 34.5 Å². The number of aromatic nitrogens is 1. The number of alkyl halides is 2. The quantitative estimate of drug-likeness (QED) is 0.105. The van der Waals surface area contributed by atoms with Crippen molar-refractivity contribution in [2.75, 3.05) is 27.3 Å². The van der Waals surface area contributed by atoms with Gasteiger partial charge in [-0.25, -0.2) is 4.98 Å². The third-order valence-corrected chi connectivity index (χ3v) is 9.61. The van der Waals surface area contributed by atoms with Crippen molar-refractivity contribution in [2.45, 2.75) is 36.6 Å². The van der Waals surface area contributed by atoms with Gasteiger partial charge in [0.05, 0.1) is 31.8 Å². The Morgan fingerprint density at radius 1 is 0.909 bits per heavy atom. The van der Waals surface area contributed by atoms with Crippen LogP contribution in [0.15, 0.2) is 91.1 Å². The zero-order valence-corrected chi connectivity index (χ0v) is 26.9. The molecule has 0 amide bonds. The van der Waals surface area contributed by atoms with Crippen LogP contribution in [0.1, 0.15) is 28.3 Å². The Hall–Kier alpha value is -3.33. The Balaban J connectivity index is 1.16. The lowest BCUT2D eigenvalue weighted by molar-refractivity contribution is -0.0231. The minimum Gasteiger partial charge on any atom is -0.496 e. The molecule has 9 heteroatoms. The normalized spacial score (nSPS) is 17.2. The van der Waals surface area contributed by atoms with Gasteiger partial charge in [0.25, 0.3) is 0 Å². The SMILES string of the molecule is COc1cc(COC2CN(C(Cl)Cl)CCC2c2ccc(OCc3cnc(-c4ccccc4)s3)cc2)c(OC)c2ccccc12. The Bertz CT molecular complexity index is 1680. The summed E-state index contributed by atoms with van der Waals surface area (Å²) in [6.07, 6.45) is 2.62. The van der Waals surface area contributed by atoms with Gasteiger partial charge in [-0.05, 0) is 30.2 Å². The summed E-state index contributed by atoms with van der Waals surface area (Å²) >= 11 is 14.3. The lowest BCUT2D eigenvalue weighted by atomic mass is 9.87. The fourth-order valence-corrected chi connectivity index (χ4v) is 6.99. The molecule has 0 N–H and O–H groups in total. The smallest absolute Gasteiger partial charge is 0.160 e. The molecule has 1 aromatic heterocycles. The highest BCUT2D eigenvalue weighted by Crippen LogP contribution is 2.39. The maximum Gasteiger partial charge on any atom is 0.160 e. The Kier molecular flexibility index (Phi) is 9.89. The highest BCUT2D eigenvalue weighted by atomic mass is 35.5. The fourth-order valence-electron chi connectivity index (χ4n) is 5.81. The van der Waals surface area contributed by atoms with Crippen LogP contribution in [0.2, 0.25) is 0 Å². The van der Waals surface area contributed by atoms with Gasteiger partial charge < -0.3 is 18.9 Å². The second-order valence-corrected chi connectivity index (χ2v) is 12.9. The van der Waals surface area contributed by atoms with Crippen LogP contribution in [0.5, 0.6) is 17.2 Å². The van der Waals surface area contributed by atoms with Crippen LogP contribution in [0.3, 0.4) is 0 Å². The van der Waals surface area contributed by atoms with E-state index in [1.165, 1.54) is 5.56 Å². The Morgan fingerprint density at radius 2 is 1.66 bits per heavy atom. The Labute approximate surface area is 272 Å². The summed E-state index contributed by atoms with van der Waals surface area (Å²) in [5.41, 5.74) is 3.23. The summed E-state index contributed by atoms with van der Waals surface area (Å²) in [5.74, 6) is 2.55. The molecule has 44 heavy (non-hydrogen) atoms. The maximum absolute atomic E-state index is 6.65. The minimum absolute atomic E-state index is 0.133. The largest absolute Gasteiger partial charge is 0.496 e. The summed E-state index contributed by atoms with van der Waals surface area (Å²) in [6.45, 7) is 2.22. The number of rotatable bonds is 11. The number of hydrogen-bond acceptors (Lipinski definition) is 7. The van der Waals surface area contributed by atoms with Gasteiger partial charge in [0.15, 0.2) is 4.96 Å². The molecule has 2 atom stereocenters. The Morgan fingerprint density at radius 3 is 2.39 bits per heavy atom. The van der Waals surface area contributed by atoms with Crippen LogP contribution in [0, 0.1) is 0 Å². The van der Waals surface area contributed by atoms with Crippen molar-refractivity contribution in [1.29, 1.82) is 0 Å². The molecule has 228 valence electrons. The third kappa shape index (κ3) is 6.82. The van der Waals surface area contributed by atoms with Gasteiger partial charge in [-0.3, -0.25) is 4.90 Å². The maximum atomic E-state index is 6.65. The molecule has 1 aliphatic rings. The predicted octanol–water partition coefficient (Wildman–Crippen LogP) is 8.70. The van der Waals surface area contributed by atoms with E-state index < -0.39 is 4.96 Å². The second-order valence-electron chi connectivity index (χ2n) is 10.7. The third-order valence-electron chi connectivity index (χ3n) is 8.04. The van der Waals surface area contributed by atoms with E-state index in [1.807, 2.05) is 71.8 Å². The lowest BCUT2D eigenvalue weighted by Gasteiger charge is -2.39. The van der Waals surface area contributed by atoms with E-state index in [-0.39, 0.29) is 12.0 Å². The average molecular weight is 650 g/mol. The molecule has 0 aliphatic carbocycles. The van der Waals surface area contributed by atoms with Gasteiger partial charge in [0.2, 0.25) is 0 Å². The first-order valence-electron chi connectivity index (χ1n) is 14.5.